The van der Waals surface area contributed by atoms with Crippen LogP contribution >= 0.6 is 24.0 Å². The highest BCUT2D eigenvalue weighted by atomic mass is 35.5. The summed E-state index contributed by atoms with van der Waals surface area (Å²) in [5, 5.41) is 5.73. The van der Waals surface area contributed by atoms with Gasteiger partial charge in [0.25, 0.3) is 0 Å². The number of hydrogen-bond acceptors (Lipinski definition) is 3. The van der Waals surface area contributed by atoms with Gasteiger partial charge in [-0.2, -0.15) is 0 Å². The van der Waals surface area contributed by atoms with Gasteiger partial charge in [0.2, 0.25) is 0 Å². The Morgan fingerprint density at radius 2 is 2.12 bits per heavy atom. The zero-order chi connectivity index (χ0) is 11.0. The van der Waals surface area contributed by atoms with Gasteiger partial charge in [0.05, 0.1) is 0 Å². The van der Waals surface area contributed by atoms with E-state index in [1.807, 2.05) is 24.3 Å². The standard InChI is InChI=1S/C12H11ClN2O.ClH/c13-12-11-2-1-9(16-10-6-14-7-10)5-8(11)3-4-15-12;/h1-5,10,14H,6-7H2;1H. The summed E-state index contributed by atoms with van der Waals surface area (Å²) in [5.41, 5.74) is 0. The van der Waals surface area contributed by atoms with Crippen molar-refractivity contribution < 1.29 is 4.74 Å². The van der Waals surface area contributed by atoms with Gasteiger partial charge in [0.1, 0.15) is 17.0 Å². The van der Waals surface area contributed by atoms with Gasteiger partial charge in [-0.3, -0.25) is 0 Å². The Balaban J connectivity index is 0.00000108. The molecule has 3 nitrogen and oxygen atoms in total. The molecule has 17 heavy (non-hydrogen) atoms. The van der Waals surface area contributed by atoms with Crippen molar-refractivity contribution in [2.24, 2.45) is 0 Å². The summed E-state index contributed by atoms with van der Waals surface area (Å²) in [7, 11) is 0. The van der Waals surface area contributed by atoms with Crippen molar-refractivity contribution in [2.45, 2.75) is 6.10 Å². The van der Waals surface area contributed by atoms with Crippen molar-refractivity contribution in [1.29, 1.82) is 0 Å². The van der Waals surface area contributed by atoms with Crippen LogP contribution in [0.3, 0.4) is 0 Å². The fraction of sp³-hybridized carbons (Fsp3) is 0.250. The molecule has 1 aromatic heterocycles. The van der Waals surface area contributed by atoms with E-state index in [9.17, 15) is 0 Å². The summed E-state index contributed by atoms with van der Waals surface area (Å²) in [6.45, 7) is 1.85. The molecule has 2 heterocycles. The molecule has 0 atom stereocenters. The minimum absolute atomic E-state index is 0. The molecule has 0 unspecified atom stereocenters. The fourth-order valence-corrected chi connectivity index (χ4v) is 1.96. The van der Waals surface area contributed by atoms with Gasteiger partial charge in [-0.15, -0.1) is 12.4 Å². The molecule has 0 bridgehead atoms. The maximum Gasteiger partial charge on any atom is 0.136 e. The molecule has 1 saturated heterocycles. The summed E-state index contributed by atoms with van der Waals surface area (Å²) in [6.07, 6.45) is 2.01. The number of fused-ring (bicyclic) bond motifs is 1. The number of aromatic nitrogens is 1. The number of pyridine rings is 1. The summed E-state index contributed by atoms with van der Waals surface area (Å²) in [6, 6.07) is 7.83. The Morgan fingerprint density at radius 3 is 2.82 bits per heavy atom. The van der Waals surface area contributed by atoms with E-state index < -0.39 is 0 Å². The molecule has 0 radical (unpaired) electrons. The molecule has 90 valence electrons. The van der Waals surface area contributed by atoms with E-state index in [-0.39, 0.29) is 12.4 Å². The van der Waals surface area contributed by atoms with Crippen LogP contribution in [-0.2, 0) is 0 Å². The zero-order valence-corrected chi connectivity index (χ0v) is 10.6. The lowest BCUT2D eigenvalue weighted by atomic mass is 10.1. The normalized spacial score (nSPS) is 15.1. The van der Waals surface area contributed by atoms with Gasteiger partial charge < -0.3 is 10.1 Å². The predicted molar refractivity (Wildman–Crippen MR) is 71.3 cm³/mol. The third kappa shape index (κ3) is 2.46. The van der Waals surface area contributed by atoms with Gasteiger partial charge in [0, 0.05) is 24.7 Å². The van der Waals surface area contributed by atoms with E-state index in [4.69, 9.17) is 16.3 Å². The maximum atomic E-state index is 5.99. The van der Waals surface area contributed by atoms with E-state index in [1.54, 1.807) is 6.20 Å². The second kappa shape index (κ2) is 5.08. The SMILES string of the molecule is Cl.Clc1nccc2cc(OC3CNC3)ccc12. The van der Waals surface area contributed by atoms with Crippen LogP contribution in [-0.4, -0.2) is 24.2 Å². The van der Waals surface area contributed by atoms with Crippen molar-refractivity contribution in [3.63, 3.8) is 0 Å². The molecular weight excluding hydrogens is 259 g/mol. The molecule has 0 amide bonds. The van der Waals surface area contributed by atoms with Crippen LogP contribution in [0.2, 0.25) is 5.15 Å². The van der Waals surface area contributed by atoms with Gasteiger partial charge >= 0.3 is 0 Å². The van der Waals surface area contributed by atoms with E-state index in [0.717, 1.165) is 29.6 Å². The summed E-state index contributed by atoms with van der Waals surface area (Å²) in [5.74, 6) is 0.890. The lowest BCUT2D eigenvalue weighted by Gasteiger charge is -2.27. The summed E-state index contributed by atoms with van der Waals surface area (Å²) < 4.78 is 5.77. The lowest BCUT2D eigenvalue weighted by molar-refractivity contribution is 0.142. The largest absolute Gasteiger partial charge is 0.488 e. The van der Waals surface area contributed by atoms with Crippen LogP contribution < -0.4 is 10.1 Å². The highest BCUT2D eigenvalue weighted by Gasteiger charge is 2.18. The first kappa shape index (κ1) is 12.4. The number of ether oxygens (including phenoxy) is 1. The zero-order valence-electron chi connectivity index (χ0n) is 9.02. The smallest absolute Gasteiger partial charge is 0.136 e. The van der Waals surface area contributed by atoms with E-state index in [0.29, 0.717) is 11.3 Å². The molecule has 0 spiro atoms. The van der Waals surface area contributed by atoms with Crippen LogP contribution in [0.5, 0.6) is 5.75 Å². The molecule has 1 fully saturated rings. The first-order chi connectivity index (χ1) is 7.83. The molecule has 5 heteroatoms. The summed E-state index contributed by atoms with van der Waals surface area (Å²) >= 11 is 5.99. The van der Waals surface area contributed by atoms with Gasteiger partial charge in [-0.05, 0) is 29.7 Å². The molecule has 1 aliphatic heterocycles. The lowest BCUT2D eigenvalue weighted by Crippen LogP contribution is -2.50. The molecule has 1 aromatic carbocycles. The van der Waals surface area contributed by atoms with Crippen LogP contribution in [0.1, 0.15) is 0 Å². The van der Waals surface area contributed by atoms with Crippen LogP contribution in [0.4, 0.5) is 0 Å². The molecule has 0 aliphatic carbocycles. The number of hydrogen-bond donors (Lipinski definition) is 1. The van der Waals surface area contributed by atoms with Crippen molar-refractivity contribution >= 4 is 34.8 Å². The van der Waals surface area contributed by atoms with Crippen LogP contribution in [0.15, 0.2) is 30.5 Å². The van der Waals surface area contributed by atoms with Gasteiger partial charge in [0.15, 0.2) is 0 Å². The number of benzene rings is 1. The highest BCUT2D eigenvalue weighted by Crippen LogP contribution is 2.25. The van der Waals surface area contributed by atoms with Gasteiger partial charge in [-0.1, -0.05) is 11.6 Å². The molecule has 1 N–H and O–H groups in total. The number of halogens is 2. The predicted octanol–water partition coefficient (Wildman–Crippen LogP) is 2.66. The Morgan fingerprint density at radius 1 is 1.29 bits per heavy atom. The molecule has 0 saturated carbocycles. The Bertz CT molecular complexity index is 529. The van der Waals surface area contributed by atoms with E-state index in [1.165, 1.54) is 0 Å². The van der Waals surface area contributed by atoms with Crippen LogP contribution in [0, 0.1) is 0 Å². The van der Waals surface area contributed by atoms with E-state index in [2.05, 4.69) is 10.3 Å². The first-order valence-electron chi connectivity index (χ1n) is 5.24. The molecule has 1 aliphatic rings. The highest BCUT2D eigenvalue weighted by molar-refractivity contribution is 6.34. The average Bonchev–Trinajstić information content (AvgIpc) is 2.24. The number of nitrogens with zero attached hydrogens (tertiary/aromatic N) is 1. The maximum absolute atomic E-state index is 5.99. The number of nitrogens with one attached hydrogen (secondary N) is 1. The summed E-state index contributed by atoms with van der Waals surface area (Å²) in [4.78, 5) is 4.04. The second-order valence-electron chi connectivity index (χ2n) is 3.88. The fourth-order valence-electron chi connectivity index (χ4n) is 1.73. The van der Waals surface area contributed by atoms with E-state index >= 15 is 0 Å². The Kier molecular flexibility index (Phi) is 3.72. The van der Waals surface area contributed by atoms with Gasteiger partial charge in [-0.25, -0.2) is 4.98 Å². The quantitative estimate of drug-likeness (QED) is 0.853. The van der Waals surface area contributed by atoms with Crippen molar-refractivity contribution in [3.8, 4) is 5.75 Å². The third-order valence-corrected chi connectivity index (χ3v) is 3.04. The van der Waals surface area contributed by atoms with Crippen LogP contribution in [0.25, 0.3) is 10.8 Å². The Labute approximate surface area is 111 Å². The number of rotatable bonds is 2. The monoisotopic (exact) mass is 270 g/mol. The average molecular weight is 271 g/mol. The van der Waals surface area contributed by atoms with Crippen molar-refractivity contribution in [1.82, 2.24) is 10.3 Å². The Hall–Kier alpha value is -1.03. The molecular formula is C12H12Cl2N2O. The first-order valence-corrected chi connectivity index (χ1v) is 5.62. The minimum atomic E-state index is 0. The molecule has 3 rings (SSSR count). The second-order valence-corrected chi connectivity index (χ2v) is 4.24. The molecule has 2 aromatic rings. The minimum Gasteiger partial charge on any atom is -0.488 e. The topological polar surface area (TPSA) is 34.1 Å². The van der Waals surface area contributed by atoms with Crippen molar-refractivity contribution in [3.05, 3.63) is 35.6 Å². The van der Waals surface area contributed by atoms with Crippen molar-refractivity contribution in [2.75, 3.05) is 13.1 Å². The third-order valence-electron chi connectivity index (χ3n) is 2.73.